The normalized spacial score (nSPS) is 16.8. The van der Waals surface area contributed by atoms with Crippen LogP contribution in [0.3, 0.4) is 0 Å². The maximum absolute atomic E-state index is 14.0. The fourth-order valence-electron chi connectivity index (χ4n) is 5.82. The lowest BCUT2D eigenvalue weighted by Gasteiger charge is -2.41. The Morgan fingerprint density at radius 1 is 0.871 bits per heavy atom. The smallest absolute Gasteiger partial charge is 0.307 e. The number of aryl methyl sites for hydroxylation is 3. The summed E-state index contributed by atoms with van der Waals surface area (Å²) in [6.45, 7) is 8.27. The Morgan fingerprint density at radius 2 is 1.39 bits per heavy atom. The van der Waals surface area contributed by atoms with Crippen LogP contribution < -0.4 is 0 Å². The number of Topliss-reactive ketones (excluding diaryl/α,β-unsaturated/α-hetero) is 1. The molecule has 2 rings (SSSR count). The molecule has 0 amide bonds. The van der Waals surface area contributed by atoms with Crippen LogP contribution in [-0.4, -0.2) is 16.9 Å². The van der Waals surface area contributed by atoms with Gasteiger partial charge in [0.05, 0.1) is 5.92 Å². The summed E-state index contributed by atoms with van der Waals surface area (Å²) in [6, 6.07) is 4.12. The lowest BCUT2D eigenvalue weighted by atomic mass is 9.60. The highest BCUT2D eigenvalue weighted by Gasteiger charge is 2.49. The van der Waals surface area contributed by atoms with E-state index in [0.717, 1.165) is 54.4 Å². The van der Waals surface area contributed by atoms with Gasteiger partial charge in [0.25, 0.3) is 0 Å². The van der Waals surface area contributed by atoms with Gasteiger partial charge in [-0.3, -0.25) is 9.59 Å². The van der Waals surface area contributed by atoms with Gasteiger partial charge in [-0.05, 0) is 51.2 Å². The van der Waals surface area contributed by atoms with Gasteiger partial charge in [-0.15, -0.1) is 0 Å². The van der Waals surface area contributed by atoms with Gasteiger partial charge < -0.3 is 5.11 Å². The van der Waals surface area contributed by atoms with Crippen molar-refractivity contribution in [3.05, 3.63) is 34.4 Å². The van der Waals surface area contributed by atoms with E-state index in [2.05, 4.69) is 19.1 Å². The van der Waals surface area contributed by atoms with Crippen LogP contribution in [0.4, 0.5) is 0 Å². The minimum absolute atomic E-state index is 0.0918. The fourth-order valence-corrected chi connectivity index (χ4v) is 5.82. The highest BCUT2D eigenvalue weighted by atomic mass is 16.4. The van der Waals surface area contributed by atoms with E-state index >= 15 is 0 Å². The van der Waals surface area contributed by atoms with Gasteiger partial charge in [-0.2, -0.15) is 0 Å². The molecule has 1 atom stereocenters. The van der Waals surface area contributed by atoms with Gasteiger partial charge in [-0.1, -0.05) is 95.2 Å². The zero-order valence-electron chi connectivity index (χ0n) is 20.4. The molecule has 0 radical (unpaired) electrons. The first-order valence-corrected chi connectivity index (χ1v) is 12.7. The third kappa shape index (κ3) is 6.67. The van der Waals surface area contributed by atoms with E-state index < -0.39 is 17.3 Å². The molecule has 0 saturated heterocycles. The number of carbonyl (C=O) groups excluding carboxylic acids is 1. The summed E-state index contributed by atoms with van der Waals surface area (Å²) in [7, 11) is 0. The molecule has 1 aromatic carbocycles. The number of hydrogen-bond donors (Lipinski definition) is 1. The predicted molar refractivity (Wildman–Crippen MR) is 129 cm³/mol. The molecule has 1 aliphatic carbocycles. The van der Waals surface area contributed by atoms with Gasteiger partial charge in [0.2, 0.25) is 0 Å². The van der Waals surface area contributed by atoms with Gasteiger partial charge in [0.15, 0.2) is 5.78 Å². The first-order chi connectivity index (χ1) is 14.8. The molecule has 3 nitrogen and oxygen atoms in total. The van der Waals surface area contributed by atoms with Crippen molar-refractivity contribution in [2.45, 2.75) is 118 Å². The molecule has 0 bridgehead atoms. The van der Waals surface area contributed by atoms with Crippen molar-refractivity contribution in [1.29, 1.82) is 0 Å². The molecule has 3 heteroatoms. The van der Waals surface area contributed by atoms with E-state index in [1.807, 2.05) is 20.8 Å². The summed E-state index contributed by atoms with van der Waals surface area (Å²) in [4.78, 5) is 26.4. The second-order valence-corrected chi connectivity index (χ2v) is 9.97. The monoisotopic (exact) mass is 428 g/mol. The number of benzene rings is 1. The molecule has 1 aliphatic rings. The highest BCUT2D eigenvalue weighted by Crippen LogP contribution is 2.48. The first kappa shape index (κ1) is 25.6. The molecule has 1 aromatic rings. The first-order valence-electron chi connectivity index (χ1n) is 12.7. The van der Waals surface area contributed by atoms with Crippen molar-refractivity contribution >= 4 is 11.8 Å². The van der Waals surface area contributed by atoms with Crippen molar-refractivity contribution in [2.24, 2.45) is 11.3 Å². The van der Waals surface area contributed by atoms with Crippen LogP contribution >= 0.6 is 0 Å². The summed E-state index contributed by atoms with van der Waals surface area (Å²) in [5, 5.41) is 10.2. The van der Waals surface area contributed by atoms with Crippen LogP contribution in [-0.2, 0) is 4.79 Å². The molecule has 0 heterocycles. The SMILES string of the molecule is CCCCCCCCCCC(C(=O)O)C1(C(=O)c2c(C)cc(C)cc2C)CCCCC1. The lowest BCUT2D eigenvalue weighted by Crippen LogP contribution is -2.44. The lowest BCUT2D eigenvalue weighted by molar-refractivity contribution is -0.146. The van der Waals surface area contributed by atoms with E-state index in [-0.39, 0.29) is 5.78 Å². The van der Waals surface area contributed by atoms with Crippen LogP contribution in [0.15, 0.2) is 12.1 Å². The van der Waals surface area contributed by atoms with Gasteiger partial charge in [0, 0.05) is 11.0 Å². The van der Waals surface area contributed by atoms with Crippen LogP contribution in [0.5, 0.6) is 0 Å². The Bertz CT molecular complexity index is 705. The van der Waals surface area contributed by atoms with E-state index in [1.54, 1.807) is 0 Å². The molecule has 0 aliphatic heterocycles. The molecule has 31 heavy (non-hydrogen) atoms. The zero-order valence-corrected chi connectivity index (χ0v) is 20.4. The summed E-state index contributed by atoms with van der Waals surface area (Å²) >= 11 is 0. The van der Waals surface area contributed by atoms with Crippen molar-refractivity contribution in [1.82, 2.24) is 0 Å². The second-order valence-electron chi connectivity index (χ2n) is 9.97. The summed E-state index contributed by atoms with van der Waals surface area (Å²) in [5.41, 5.74) is 3.16. The standard InChI is InChI=1S/C28H44O3/c1-5-6-7-8-9-10-11-13-16-24(27(30)31)28(17-14-12-15-18-28)26(29)25-22(3)19-21(2)20-23(25)4/h19-20,24H,5-18H2,1-4H3,(H,30,31). The Balaban J connectivity index is 2.16. The number of aliphatic carboxylic acids is 1. The third-order valence-electron chi connectivity index (χ3n) is 7.41. The molecule has 174 valence electrons. The average Bonchev–Trinajstić information content (AvgIpc) is 2.72. The molecule has 1 unspecified atom stereocenters. The van der Waals surface area contributed by atoms with E-state index in [0.29, 0.717) is 19.3 Å². The molecular formula is C28H44O3. The Kier molecular flexibility index (Phi) is 10.3. The topological polar surface area (TPSA) is 54.4 Å². The van der Waals surface area contributed by atoms with Crippen LogP contribution in [0, 0.1) is 32.1 Å². The van der Waals surface area contributed by atoms with Crippen molar-refractivity contribution in [2.75, 3.05) is 0 Å². The predicted octanol–water partition coefficient (Wildman–Crippen LogP) is 7.98. The number of ketones is 1. The Hall–Kier alpha value is -1.64. The molecule has 1 saturated carbocycles. The highest BCUT2D eigenvalue weighted by molar-refractivity contribution is 6.05. The number of unbranched alkanes of at least 4 members (excludes halogenated alkanes) is 7. The Labute approximate surface area is 190 Å². The molecule has 0 aromatic heterocycles. The minimum Gasteiger partial charge on any atom is -0.481 e. The zero-order chi connectivity index (χ0) is 22.9. The average molecular weight is 429 g/mol. The fraction of sp³-hybridized carbons (Fsp3) is 0.714. The number of carboxylic acids is 1. The van der Waals surface area contributed by atoms with Crippen LogP contribution in [0.2, 0.25) is 0 Å². The van der Waals surface area contributed by atoms with Gasteiger partial charge in [0.1, 0.15) is 0 Å². The number of carbonyl (C=O) groups is 2. The summed E-state index contributed by atoms with van der Waals surface area (Å²) in [6.07, 6.45) is 14.6. The number of hydrogen-bond acceptors (Lipinski definition) is 2. The molecule has 1 fully saturated rings. The third-order valence-corrected chi connectivity index (χ3v) is 7.41. The molecule has 0 spiro atoms. The largest absolute Gasteiger partial charge is 0.481 e. The number of carboxylic acid groups (broad SMARTS) is 1. The second kappa shape index (κ2) is 12.4. The molecule has 1 N–H and O–H groups in total. The maximum atomic E-state index is 14.0. The molecular weight excluding hydrogens is 384 g/mol. The van der Waals surface area contributed by atoms with Crippen molar-refractivity contribution in [3.8, 4) is 0 Å². The minimum atomic E-state index is -0.777. The summed E-state index contributed by atoms with van der Waals surface area (Å²) in [5.74, 6) is -1.25. The Morgan fingerprint density at radius 3 is 1.90 bits per heavy atom. The summed E-state index contributed by atoms with van der Waals surface area (Å²) < 4.78 is 0. The number of rotatable bonds is 13. The van der Waals surface area contributed by atoms with E-state index in [1.165, 1.54) is 38.5 Å². The van der Waals surface area contributed by atoms with Crippen molar-refractivity contribution in [3.63, 3.8) is 0 Å². The quantitative estimate of drug-likeness (QED) is 0.256. The van der Waals surface area contributed by atoms with Gasteiger partial charge >= 0.3 is 5.97 Å². The van der Waals surface area contributed by atoms with E-state index in [9.17, 15) is 14.7 Å². The maximum Gasteiger partial charge on any atom is 0.307 e. The van der Waals surface area contributed by atoms with Gasteiger partial charge in [-0.25, -0.2) is 0 Å². The van der Waals surface area contributed by atoms with Crippen LogP contribution in [0.1, 0.15) is 124 Å². The van der Waals surface area contributed by atoms with Crippen molar-refractivity contribution < 1.29 is 14.7 Å². The van der Waals surface area contributed by atoms with E-state index in [4.69, 9.17) is 0 Å². The van der Waals surface area contributed by atoms with Crippen LogP contribution in [0.25, 0.3) is 0 Å².